The number of nitrogens with zero attached hydrogens (tertiary/aromatic N) is 4. The van der Waals surface area contributed by atoms with Gasteiger partial charge < -0.3 is 9.84 Å². The second kappa shape index (κ2) is 7.63. The van der Waals surface area contributed by atoms with Crippen LogP contribution in [0.15, 0.2) is 57.7 Å². The highest BCUT2D eigenvalue weighted by Gasteiger charge is 2.16. The molecule has 4 aromatic rings. The van der Waals surface area contributed by atoms with Crippen LogP contribution < -0.4 is 5.32 Å². The summed E-state index contributed by atoms with van der Waals surface area (Å²) in [5, 5.41) is 11.3. The van der Waals surface area contributed by atoms with E-state index >= 15 is 0 Å². The first-order chi connectivity index (χ1) is 13.9. The first kappa shape index (κ1) is 19.1. The molecule has 0 atom stereocenters. The van der Waals surface area contributed by atoms with Crippen LogP contribution in [0.2, 0.25) is 0 Å². The molecule has 0 saturated carbocycles. The fourth-order valence-electron chi connectivity index (χ4n) is 2.91. The van der Waals surface area contributed by atoms with E-state index in [4.69, 9.17) is 4.52 Å². The Hall–Kier alpha value is -3.26. The number of anilines is 1. The number of amides is 1. The fraction of sp³-hybridized carbons (Fsp3) is 0.143. The Kier molecular flexibility index (Phi) is 5.02. The van der Waals surface area contributed by atoms with Crippen LogP contribution >= 0.6 is 15.9 Å². The van der Waals surface area contributed by atoms with Gasteiger partial charge in [0.1, 0.15) is 0 Å². The van der Waals surface area contributed by atoms with Crippen molar-refractivity contribution in [2.24, 2.45) is 0 Å². The second-order valence-electron chi connectivity index (χ2n) is 6.69. The van der Waals surface area contributed by atoms with Gasteiger partial charge in [-0.3, -0.25) is 4.79 Å². The summed E-state index contributed by atoms with van der Waals surface area (Å²) >= 11 is 3.48. The number of carbonyl (C=O) groups is 1. The van der Waals surface area contributed by atoms with Crippen LogP contribution in [-0.2, 0) is 0 Å². The lowest BCUT2D eigenvalue weighted by molar-refractivity contribution is 0.102. The molecule has 0 aliphatic rings. The maximum atomic E-state index is 12.7. The van der Waals surface area contributed by atoms with Gasteiger partial charge >= 0.3 is 0 Å². The van der Waals surface area contributed by atoms with E-state index in [2.05, 4.69) is 36.5 Å². The van der Waals surface area contributed by atoms with E-state index in [9.17, 15) is 4.79 Å². The van der Waals surface area contributed by atoms with Gasteiger partial charge in [-0.1, -0.05) is 11.2 Å². The molecule has 1 amide bonds. The molecule has 0 aliphatic heterocycles. The van der Waals surface area contributed by atoms with Gasteiger partial charge in [-0.2, -0.15) is 10.1 Å². The molecule has 0 spiro atoms. The lowest BCUT2D eigenvalue weighted by atomic mass is 10.2. The van der Waals surface area contributed by atoms with Gasteiger partial charge in [-0.25, -0.2) is 4.68 Å². The summed E-state index contributed by atoms with van der Waals surface area (Å²) in [5.74, 6) is 0.842. The third kappa shape index (κ3) is 3.97. The minimum Gasteiger partial charge on any atom is -0.339 e. The number of carbonyl (C=O) groups excluding carboxylic acids is 1. The van der Waals surface area contributed by atoms with Gasteiger partial charge in [0, 0.05) is 23.2 Å². The zero-order valence-electron chi connectivity index (χ0n) is 16.1. The maximum absolute atomic E-state index is 12.7. The summed E-state index contributed by atoms with van der Waals surface area (Å²) in [6, 6.07) is 13.3. The standard InChI is InChI=1S/C21H18BrN5O2/c1-12-4-9-19(18(22)10-12)24-21(28)17-11-27(25-13(17)2)16-7-5-15(6-8-16)20-23-14(3)29-26-20/h4-11H,1-3H3,(H,24,28). The number of aryl methyl sites for hydroxylation is 3. The highest BCUT2D eigenvalue weighted by Crippen LogP contribution is 2.25. The fourth-order valence-corrected chi connectivity index (χ4v) is 3.50. The van der Waals surface area contributed by atoms with Crippen molar-refractivity contribution >= 4 is 27.5 Å². The van der Waals surface area contributed by atoms with E-state index < -0.39 is 0 Å². The Morgan fingerprint density at radius 1 is 1.10 bits per heavy atom. The molecule has 2 aromatic heterocycles. The highest BCUT2D eigenvalue weighted by molar-refractivity contribution is 9.10. The van der Waals surface area contributed by atoms with E-state index in [1.54, 1.807) is 17.8 Å². The predicted molar refractivity (Wildman–Crippen MR) is 113 cm³/mol. The first-order valence-corrected chi connectivity index (χ1v) is 9.75. The van der Waals surface area contributed by atoms with Gasteiger partial charge in [-0.05, 0) is 71.7 Å². The Labute approximate surface area is 175 Å². The Morgan fingerprint density at radius 2 is 1.86 bits per heavy atom. The molecular formula is C21H18BrN5O2. The van der Waals surface area contributed by atoms with Crippen LogP contribution in [0.5, 0.6) is 0 Å². The Morgan fingerprint density at radius 3 is 2.52 bits per heavy atom. The van der Waals surface area contributed by atoms with E-state index in [-0.39, 0.29) is 5.91 Å². The highest BCUT2D eigenvalue weighted by atomic mass is 79.9. The van der Waals surface area contributed by atoms with Gasteiger partial charge in [-0.15, -0.1) is 0 Å². The van der Waals surface area contributed by atoms with E-state index in [1.807, 2.05) is 56.3 Å². The summed E-state index contributed by atoms with van der Waals surface area (Å²) in [7, 11) is 0. The molecule has 8 heteroatoms. The number of halogens is 1. The summed E-state index contributed by atoms with van der Waals surface area (Å²) in [6.45, 7) is 5.56. The topological polar surface area (TPSA) is 85.8 Å². The molecule has 2 aromatic carbocycles. The zero-order valence-corrected chi connectivity index (χ0v) is 17.7. The first-order valence-electron chi connectivity index (χ1n) is 8.95. The number of hydrogen-bond donors (Lipinski definition) is 1. The van der Waals surface area contributed by atoms with Crippen molar-refractivity contribution in [1.29, 1.82) is 0 Å². The smallest absolute Gasteiger partial charge is 0.259 e. The van der Waals surface area contributed by atoms with Crippen LogP contribution in [0, 0.1) is 20.8 Å². The van der Waals surface area contributed by atoms with Crippen molar-refractivity contribution < 1.29 is 9.32 Å². The molecule has 146 valence electrons. The minimum absolute atomic E-state index is 0.211. The van der Waals surface area contributed by atoms with Crippen molar-refractivity contribution in [3.05, 3.63) is 75.8 Å². The van der Waals surface area contributed by atoms with Crippen LogP contribution in [0.25, 0.3) is 17.1 Å². The summed E-state index contributed by atoms with van der Waals surface area (Å²) < 4.78 is 7.53. The Bertz CT molecular complexity index is 1190. The zero-order chi connectivity index (χ0) is 20.5. The number of hydrogen-bond acceptors (Lipinski definition) is 5. The molecule has 0 aliphatic carbocycles. The molecule has 2 heterocycles. The van der Waals surface area contributed by atoms with Gasteiger partial charge in [0.05, 0.1) is 22.6 Å². The van der Waals surface area contributed by atoms with Crippen LogP contribution in [0.3, 0.4) is 0 Å². The second-order valence-corrected chi connectivity index (χ2v) is 7.55. The summed E-state index contributed by atoms with van der Waals surface area (Å²) in [4.78, 5) is 17.0. The van der Waals surface area contributed by atoms with Gasteiger partial charge in [0.25, 0.3) is 5.91 Å². The molecule has 0 radical (unpaired) electrons. The molecule has 0 unspecified atom stereocenters. The molecule has 4 rings (SSSR count). The molecule has 7 nitrogen and oxygen atoms in total. The van der Waals surface area contributed by atoms with Crippen molar-refractivity contribution in [2.45, 2.75) is 20.8 Å². The van der Waals surface area contributed by atoms with E-state index in [1.165, 1.54) is 0 Å². The molecule has 1 N–H and O–H groups in total. The SMILES string of the molecule is Cc1ccc(NC(=O)c2cn(-c3ccc(-c4noc(C)n4)cc3)nc2C)c(Br)c1. The molecule has 29 heavy (non-hydrogen) atoms. The normalized spacial score (nSPS) is 10.9. The van der Waals surface area contributed by atoms with E-state index in [0.717, 1.165) is 21.3 Å². The predicted octanol–water partition coefficient (Wildman–Crippen LogP) is 4.86. The lowest BCUT2D eigenvalue weighted by Crippen LogP contribution is -2.12. The molecule has 0 bridgehead atoms. The minimum atomic E-state index is -0.211. The third-order valence-corrected chi connectivity index (χ3v) is 5.09. The van der Waals surface area contributed by atoms with Crippen molar-refractivity contribution in [3.63, 3.8) is 0 Å². The van der Waals surface area contributed by atoms with Gasteiger partial charge in [0.15, 0.2) is 0 Å². The van der Waals surface area contributed by atoms with Crippen LogP contribution in [-0.4, -0.2) is 25.8 Å². The third-order valence-electron chi connectivity index (χ3n) is 4.43. The van der Waals surface area contributed by atoms with Crippen LogP contribution in [0.4, 0.5) is 5.69 Å². The number of nitrogens with one attached hydrogen (secondary N) is 1. The molecular weight excluding hydrogens is 434 g/mol. The number of aromatic nitrogens is 4. The largest absolute Gasteiger partial charge is 0.339 e. The average Bonchev–Trinajstić information content (AvgIpc) is 3.30. The Balaban J connectivity index is 1.56. The van der Waals surface area contributed by atoms with Gasteiger partial charge in [0.2, 0.25) is 11.7 Å². The van der Waals surface area contributed by atoms with Crippen molar-refractivity contribution in [3.8, 4) is 17.1 Å². The molecule has 0 fully saturated rings. The summed E-state index contributed by atoms with van der Waals surface area (Å²) in [5.41, 5.74) is 4.65. The lowest BCUT2D eigenvalue weighted by Gasteiger charge is -2.07. The quantitative estimate of drug-likeness (QED) is 0.478. The average molecular weight is 452 g/mol. The van der Waals surface area contributed by atoms with Crippen molar-refractivity contribution in [1.82, 2.24) is 19.9 Å². The number of benzene rings is 2. The number of rotatable bonds is 4. The van der Waals surface area contributed by atoms with E-state index in [0.29, 0.717) is 28.7 Å². The van der Waals surface area contributed by atoms with Crippen molar-refractivity contribution in [2.75, 3.05) is 5.32 Å². The maximum Gasteiger partial charge on any atom is 0.259 e. The van der Waals surface area contributed by atoms with Crippen LogP contribution in [0.1, 0.15) is 27.5 Å². The molecule has 0 saturated heterocycles. The summed E-state index contributed by atoms with van der Waals surface area (Å²) in [6.07, 6.45) is 1.72. The monoisotopic (exact) mass is 451 g/mol.